The zero-order valence-electron chi connectivity index (χ0n) is 11.0. The number of hydrogen-bond donors (Lipinski definition) is 1. The molecule has 0 saturated carbocycles. The molecule has 1 aliphatic heterocycles. The minimum Gasteiger partial charge on any atom is -0.312 e. The maximum absolute atomic E-state index is 6.44. The number of aromatic nitrogens is 1. The van der Waals surface area contributed by atoms with Crippen molar-refractivity contribution in [3.05, 3.63) is 54.4 Å². The van der Waals surface area contributed by atoms with Gasteiger partial charge in [-0.05, 0) is 43.1 Å². The molecule has 1 aromatic heterocycles. The predicted octanol–water partition coefficient (Wildman–Crippen LogP) is 2.80. The summed E-state index contributed by atoms with van der Waals surface area (Å²) in [6, 6.07) is 12.4. The molecule has 1 atom stereocenters. The molecule has 3 heteroatoms. The van der Waals surface area contributed by atoms with Gasteiger partial charge in [0.05, 0.1) is 6.17 Å². The molecule has 0 aliphatic carbocycles. The van der Waals surface area contributed by atoms with E-state index in [2.05, 4.69) is 40.2 Å². The molecule has 1 fully saturated rings. The Balaban J connectivity index is 1.97. The van der Waals surface area contributed by atoms with Gasteiger partial charge in [-0.3, -0.25) is 9.88 Å². The summed E-state index contributed by atoms with van der Waals surface area (Å²) >= 11 is 0. The molecule has 2 aromatic rings. The quantitative estimate of drug-likeness (QED) is 0.914. The van der Waals surface area contributed by atoms with E-state index >= 15 is 0 Å². The molecule has 98 valence electrons. The Morgan fingerprint density at radius 3 is 2.58 bits per heavy atom. The molecule has 0 amide bonds. The molecule has 19 heavy (non-hydrogen) atoms. The average molecular weight is 253 g/mol. The van der Waals surface area contributed by atoms with Crippen molar-refractivity contribution < 1.29 is 0 Å². The molecule has 0 spiro atoms. The van der Waals surface area contributed by atoms with Crippen molar-refractivity contribution in [3.63, 3.8) is 0 Å². The van der Waals surface area contributed by atoms with Gasteiger partial charge in [0, 0.05) is 18.0 Å². The summed E-state index contributed by atoms with van der Waals surface area (Å²) in [7, 11) is 0. The maximum Gasteiger partial charge on any atom is 0.0841 e. The van der Waals surface area contributed by atoms with E-state index in [9.17, 15) is 0 Å². The lowest BCUT2D eigenvalue weighted by Crippen LogP contribution is -2.32. The Morgan fingerprint density at radius 2 is 1.84 bits per heavy atom. The minimum absolute atomic E-state index is 0.0149. The van der Waals surface area contributed by atoms with Gasteiger partial charge < -0.3 is 5.73 Å². The summed E-state index contributed by atoms with van der Waals surface area (Å²) < 4.78 is 0. The number of benzene rings is 1. The number of nitrogens with zero attached hydrogens (tertiary/aromatic N) is 2. The van der Waals surface area contributed by atoms with Gasteiger partial charge in [-0.25, -0.2) is 0 Å². The van der Waals surface area contributed by atoms with Crippen LogP contribution in [0, 0.1) is 0 Å². The van der Waals surface area contributed by atoms with Crippen LogP contribution in [0.4, 0.5) is 0 Å². The van der Waals surface area contributed by atoms with Crippen molar-refractivity contribution in [1.29, 1.82) is 0 Å². The largest absolute Gasteiger partial charge is 0.312 e. The highest BCUT2D eigenvalue weighted by Crippen LogP contribution is 2.29. The van der Waals surface area contributed by atoms with E-state index in [0.717, 1.165) is 18.7 Å². The predicted molar refractivity (Wildman–Crippen MR) is 77.4 cm³/mol. The van der Waals surface area contributed by atoms with Crippen molar-refractivity contribution in [1.82, 2.24) is 9.88 Å². The van der Waals surface area contributed by atoms with Crippen molar-refractivity contribution >= 4 is 0 Å². The number of hydrogen-bond acceptors (Lipinski definition) is 3. The van der Waals surface area contributed by atoms with Crippen molar-refractivity contribution in [2.24, 2.45) is 5.73 Å². The summed E-state index contributed by atoms with van der Waals surface area (Å²) in [5.74, 6) is 0. The molecule has 0 radical (unpaired) electrons. The smallest absolute Gasteiger partial charge is 0.0841 e. The van der Waals surface area contributed by atoms with Gasteiger partial charge in [0.2, 0.25) is 0 Å². The molecule has 1 unspecified atom stereocenters. The first-order valence-electron chi connectivity index (χ1n) is 6.85. The molecule has 1 aromatic carbocycles. The number of rotatable bonds is 3. The second-order valence-corrected chi connectivity index (χ2v) is 5.02. The highest BCUT2D eigenvalue weighted by molar-refractivity contribution is 5.66. The number of nitrogens with two attached hydrogens (primary N) is 1. The lowest BCUT2D eigenvalue weighted by atomic mass is 9.99. The minimum atomic E-state index is -0.0149. The molecule has 1 saturated heterocycles. The average Bonchev–Trinajstić information content (AvgIpc) is 3.02. The van der Waals surface area contributed by atoms with Gasteiger partial charge in [-0.15, -0.1) is 0 Å². The maximum atomic E-state index is 6.44. The van der Waals surface area contributed by atoms with E-state index in [1.165, 1.54) is 24.0 Å². The second kappa shape index (κ2) is 5.51. The van der Waals surface area contributed by atoms with Crippen LogP contribution < -0.4 is 5.73 Å². The fraction of sp³-hybridized carbons (Fsp3) is 0.312. The van der Waals surface area contributed by atoms with Crippen molar-refractivity contribution in [3.8, 4) is 11.1 Å². The third-order valence-corrected chi connectivity index (χ3v) is 3.79. The SMILES string of the molecule is NC(c1ccccc1-c1cccnc1)N1CCCC1. The molecular formula is C16H19N3. The molecule has 2 N–H and O–H groups in total. The molecule has 3 nitrogen and oxygen atoms in total. The van der Waals surface area contributed by atoms with Crippen LogP contribution in [0.3, 0.4) is 0 Å². The lowest BCUT2D eigenvalue weighted by molar-refractivity contribution is 0.252. The highest BCUT2D eigenvalue weighted by atomic mass is 15.2. The zero-order chi connectivity index (χ0) is 13.1. The van der Waals surface area contributed by atoms with Crippen LogP contribution in [0.15, 0.2) is 48.8 Å². The Labute approximate surface area is 114 Å². The molecule has 0 bridgehead atoms. The van der Waals surface area contributed by atoms with E-state index in [4.69, 9.17) is 5.73 Å². The Morgan fingerprint density at radius 1 is 1.05 bits per heavy atom. The Bertz CT molecular complexity index is 533. The molecular weight excluding hydrogens is 234 g/mol. The van der Waals surface area contributed by atoms with Crippen LogP contribution in [0.2, 0.25) is 0 Å². The monoisotopic (exact) mass is 253 g/mol. The second-order valence-electron chi connectivity index (χ2n) is 5.02. The van der Waals surface area contributed by atoms with Crippen LogP contribution in [-0.4, -0.2) is 23.0 Å². The van der Waals surface area contributed by atoms with Crippen LogP contribution in [0.25, 0.3) is 11.1 Å². The van der Waals surface area contributed by atoms with Crippen molar-refractivity contribution in [2.45, 2.75) is 19.0 Å². The van der Waals surface area contributed by atoms with Gasteiger partial charge in [0.15, 0.2) is 0 Å². The van der Waals surface area contributed by atoms with Crippen LogP contribution >= 0.6 is 0 Å². The van der Waals surface area contributed by atoms with Gasteiger partial charge in [0.25, 0.3) is 0 Å². The first-order valence-corrected chi connectivity index (χ1v) is 6.85. The first-order chi connectivity index (χ1) is 9.36. The summed E-state index contributed by atoms with van der Waals surface area (Å²) in [6.45, 7) is 2.20. The van der Waals surface area contributed by atoms with Crippen molar-refractivity contribution in [2.75, 3.05) is 13.1 Å². The molecule has 3 rings (SSSR count). The third-order valence-electron chi connectivity index (χ3n) is 3.79. The van der Waals surface area contributed by atoms with Crippen LogP contribution in [0.5, 0.6) is 0 Å². The lowest BCUT2D eigenvalue weighted by Gasteiger charge is -2.25. The van der Waals surface area contributed by atoms with Gasteiger partial charge in [-0.2, -0.15) is 0 Å². The van der Waals surface area contributed by atoms with Gasteiger partial charge in [-0.1, -0.05) is 30.3 Å². The topological polar surface area (TPSA) is 42.1 Å². The van der Waals surface area contributed by atoms with Crippen LogP contribution in [0.1, 0.15) is 24.6 Å². The summed E-state index contributed by atoms with van der Waals surface area (Å²) in [5.41, 5.74) is 9.96. The Kier molecular flexibility index (Phi) is 3.58. The van der Waals surface area contributed by atoms with Gasteiger partial charge >= 0.3 is 0 Å². The van der Waals surface area contributed by atoms with E-state index in [1.807, 2.05) is 12.3 Å². The van der Waals surface area contributed by atoms with E-state index in [1.54, 1.807) is 6.20 Å². The molecule has 1 aliphatic rings. The molecule has 2 heterocycles. The van der Waals surface area contributed by atoms with E-state index < -0.39 is 0 Å². The summed E-state index contributed by atoms with van der Waals surface area (Å²) in [6.07, 6.45) is 6.19. The Hall–Kier alpha value is -1.71. The highest BCUT2D eigenvalue weighted by Gasteiger charge is 2.22. The standard InChI is InChI=1S/C16H19N3/c17-16(19-10-3-4-11-19)15-8-2-1-7-14(15)13-6-5-9-18-12-13/h1-2,5-9,12,16H,3-4,10-11,17H2. The number of likely N-dealkylation sites (tertiary alicyclic amines) is 1. The summed E-state index contributed by atoms with van der Waals surface area (Å²) in [4.78, 5) is 6.56. The van der Waals surface area contributed by atoms with E-state index in [0.29, 0.717) is 0 Å². The normalized spacial score (nSPS) is 17.5. The third kappa shape index (κ3) is 2.53. The first kappa shape index (κ1) is 12.3. The van der Waals surface area contributed by atoms with Crippen LogP contribution in [-0.2, 0) is 0 Å². The van der Waals surface area contributed by atoms with Gasteiger partial charge in [0.1, 0.15) is 0 Å². The fourth-order valence-corrected chi connectivity index (χ4v) is 2.76. The number of pyridine rings is 1. The van der Waals surface area contributed by atoms with E-state index in [-0.39, 0.29) is 6.17 Å². The fourth-order valence-electron chi connectivity index (χ4n) is 2.76. The zero-order valence-corrected chi connectivity index (χ0v) is 11.0. The summed E-state index contributed by atoms with van der Waals surface area (Å²) in [5, 5.41) is 0.